The Balaban J connectivity index is 1.36. The van der Waals surface area contributed by atoms with Crippen LogP contribution >= 0.6 is 0 Å². The lowest BCUT2D eigenvalue weighted by Crippen LogP contribution is -2.21. The van der Waals surface area contributed by atoms with Gasteiger partial charge in [-0.15, -0.1) is 0 Å². The summed E-state index contributed by atoms with van der Waals surface area (Å²) >= 11 is 0. The highest BCUT2D eigenvalue weighted by Gasteiger charge is 2.25. The molecule has 1 aliphatic rings. The summed E-state index contributed by atoms with van der Waals surface area (Å²) in [4.78, 5) is 18.1. The van der Waals surface area contributed by atoms with Crippen LogP contribution in [0.5, 0.6) is 5.75 Å². The molecule has 174 valence electrons. The Morgan fingerprint density at radius 1 is 1.18 bits per heavy atom. The average molecular weight is 449 g/mol. The zero-order valence-corrected chi connectivity index (χ0v) is 19.6. The summed E-state index contributed by atoms with van der Waals surface area (Å²) in [6.07, 6.45) is 2.65. The Morgan fingerprint density at radius 2 is 1.94 bits per heavy atom. The van der Waals surface area contributed by atoms with E-state index in [1.165, 1.54) is 11.3 Å². The van der Waals surface area contributed by atoms with E-state index in [4.69, 9.17) is 19.2 Å². The molecule has 1 heterocycles. The standard InChI is InChI=1S/C27H32N2O4/c1-4-29(5-2)22-10-8-19(9-11-22)27-28-25(18(3)33-27)14-15-32-23-12-13-24-20(16-23)6-7-21(24)17-26(30)31/h8-13,16,21H,4-7,14-15,17H2,1-3H3,(H,30,31)/t21-/m0/s1. The number of carboxylic acid groups (broad SMARTS) is 1. The van der Waals surface area contributed by atoms with Crippen LogP contribution in [-0.2, 0) is 17.6 Å². The summed E-state index contributed by atoms with van der Waals surface area (Å²) in [5.41, 5.74) is 5.42. The number of nitrogens with zero attached hydrogens (tertiary/aromatic N) is 2. The van der Waals surface area contributed by atoms with Gasteiger partial charge >= 0.3 is 5.97 Å². The number of aromatic nitrogens is 1. The third-order valence-corrected chi connectivity index (χ3v) is 6.48. The summed E-state index contributed by atoms with van der Waals surface area (Å²) in [7, 11) is 0. The van der Waals surface area contributed by atoms with Crippen LogP contribution in [0.1, 0.15) is 55.2 Å². The number of rotatable bonds is 10. The van der Waals surface area contributed by atoms with E-state index < -0.39 is 5.97 Å². The molecule has 4 rings (SSSR count). The Hall–Kier alpha value is -3.28. The van der Waals surface area contributed by atoms with Gasteiger partial charge in [0.1, 0.15) is 11.5 Å². The second-order valence-electron chi connectivity index (χ2n) is 8.53. The van der Waals surface area contributed by atoms with Crippen molar-refractivity contribution >= 4 is 11.7 Å². The number of anilines is 1. The van der Waals surface area contributed by atoms with Crippen LogP contribution in [0.25, 0.3) is 11.5 Å². The highest BCUT2D eigenvalue weighted by Crippen LogP contribution is 2.37. The molecule has 33 heavy (non-hydrogen) atoms. The molecule has 1 atom stereocenters. The van der Waals surface area contributed by atoms with Crippen molar-refractivity contribution in [3.05, 3.63) is 65.0 Å². The Kier molecular flexibility index (Phi) is 7.02. The van der Waals surface area contributed by atoms with Crippen LogP contribution in [0.15, 0.2) is 46.9 Å². The maximum atomic E-state index is 11.1. The molecule has 6 heteroatoms. The molecule has 1 aromatic heterocycles. The topological polar surface area (TPSA) is 75.8 Å². The van der Waals surface area contributed by atoms with Crippen LogP contribution in [0.3, 0.4) is 0 Å². The number of fused-ring (bicyclic) bond motifs is 1. The van der Waals surface area contributed by atoms with Crippen molar-refractivity contribution in [2.45, 2.75) is 52.4 Å². The Labute approximate surface area is 195 Å². The van der Waals surface area contributed by atoms with Crippen LogP contribution in [0, 0.1) is 6.92 Å². The molecule has 0 amide bonds. The monoisotopic (exact) mass is 448 g/mol. The molecule has 0 aliphatic heterocycles. The summed E-state index contributed by atoms with van der Waals surface area (Å²) in [5, 5.41) is 9.09. The van der Waals surface area contributed by atoms with Gasteiger partial charge in [-0.25, -0.2) is 4.98 Å². The number of carbonyl (C=O) groups is 1. The number of aliphatic carboxylic acids is 1. The first-order chi connectivity index (χ1) is 16.0. The van der Waals surface area contributed by atoms with E-state index in [-0.39, 0.29) is 12.3 Å². The predicted molar refractivity (Wildman–Crippen MR) is 129 cm³/mol. The van der Waals surface area contributed by atoms with Crippen molar-refractivity contribution in [2.75, 3.05) is 24.6 Å². The fraction of sp³-hybridized carbons (Fsp3) is 0.407. The number of aryl methyl sites for hydroxylation is 2. The highest BCUT2D eigenvalue weighted by atomic mass is 16.5. The number of oxazole rings is 1. The zero-order chi connectivity index (χ0) is 23.4. The average Bonchev–Trinajstić information content (AvgIpc) is 3.38. The van der Waals surface area contributed by atoms with Gasteiger partial charge in [-0.05, 0) is 87.1 Å². The molecule has 2 aromatic carbocycles. The van der Waals surface area contributed by atoms with Gasteiger partial charge < -0.3 is 19.2 Å². The van der Waals surface area contributed by atoms with Gasteiger partial charge in [0.15, 0.2) is 0 Å². The lowest BCUT2D eigenvalue weighted by atomic mass is 9.98. The first kappa shape index (κ1) is 22.9. The van der Waals surface area contributed by atoms with E-state index in [1.54, 1.807) is 0 Å². The second-order valence-corrected chi connectivity index (χ2v) is 8.53. The molecule has 0 bridgehead atoms. The SMILES string of the molecule is CCN(CC)c1ccc(-c2nc(CCOc3ccc4c(c3)CC[C@H]4CC(=O)O)c(C)o2)cc1. The second kappa shape index (κ2) is 10.1. The van der Waals surface area contributed by atoms with Gasteiger partial charge in [-0.2, -0.15) is 0 Å². The van der Waals surface area contributed by atoms with Crippen molar-refractivity contribution in [3.8, 4) is 17.2 Å². The van der Waals surface area contributed by atoms with E-state index in [9.17, 15) is 4.79 Å². The molecule has 0 fully saturated rings. The van der Waals surface area contributed by atoms with Crippen molar-refractivity contribution in [3.63, 3.8) is 0 Å². The van der Waals surface area contributed by atoms with E-state index >= 15 is 0 Å². The van der Waals surface area contributed by atoms with E-state index in [0.29, 0.717) is 18.9 Å². The van der Waals surface area contributed by atoms with Crippen LogP contribution in [0.4, 0.5) is 5.69 Å². The lowest BCUT2D eigenvalue weighted by molar-refractivity contribution is -0.137. The van der Waals surface area contributed by atoms with Crippen molar-refractivity contribution in [2.24, 2.45) is 0 Å². The molecular formula is C27H32N2O4. The first-order valence-electron chi connectivity index (χ1n) is 11.8. The predicted octanol–water partition coefficient (Wildman–Crippen LogP) is 5.62. The fourth-order valence-electron chi connectivity index (χ4n) is 4.65. The molecule has 0 saturated carbocycles. The normalized spacial score (nSPS) is 14.8. The Morgan fingerprint density at radius 3 is 2.64 bits per heavy atom. The van der Waals surface area contributed by atoms with Gasteiger partial charge in [-0.1, -0.05) is 6.07 Å². The van der Waals surface area contributed by atoms with Crippen LogP contribution < -0.4 is 9.64 Å². The van der Waals surface area contributed by atoms with E-state index in [2.05, 4.69) is 49.1 Å². The maximum absolute atomic E-state index is 11.1. The molecule has 1 aliphatic carbocycles. The zero-order valence-electron chi connectivity index (χ0n) is 19.6. The largest absolute Gasteiger partial charge is 0.493 e. The molecule has 6 nitrogen and oxygen atoms in total. The fourth-order valence-corrected chi connectivity index (χ4v) is 4.65. The van der Waals surface area contributed by atoms with Crippen LogP contribution in [0.2, 0.25) is 0 Å². The first-order valence-corrected chi connectivity index (χ1v) is 11.8. The quantitative estimate of drug-likeness (QED) is 0.434. The summed E-state index contributed by atoms with van der Waals surface area (Å²) in [5.74, 6) is 1.64. The van der Waals surface area contributed by atoms with Gasteiger partial charge in [0.2, 0.25) is 5.89 Å². The summed E-state index contributed by atoms with van der Waals surface area (Å²) < 4.78 is 11.9. The molecule has 0 radical (unpaired) electrons. The van der Waals surface area contributed by atoms with E-state index in [1.807, 2.05) is 19.1 Å². The van der Waals surface area contributed by atoms with Crippen molar-refractivity contribution < 1.29 is 19.1 Å². The minimum absolute atomic E-state index is 0.115. The molecule has 0 spiro atoms. The molecule has 1 N–H and O–H groups in total. The summed E-state index contributed by atoms with van der Waals surface area (Å²) in [6, 6.07) is 14.3. The van der Waals surface area contributed by atoms with Crippen molar-refractivity contribution in [1.82, 2.24) is 4.98 Å². The minimum Gasteiger partial charge on any atom is -0.493 e. The molecule has 0 unspecified atom stereocenters. The molecule has 3 aromatic rings. The molecular weight excluding hydrogens is 416 g/mol. The number of carboxylic acids is 1. The number of hydrogen-bond donors (Lipinski definition) is 1. The number of ether oxygens (including phenoxy) is 1. The van der Waals surface area contributed by atoms with Crippen LogP contribution in [-0.4, -0.2) is 35.8 Å². The van der Waals surface area contributed by atoms with Crippen molar-refractivity contribution in [1.29, 1.82) is 0 Å². The van der Waals surface area contributed by atoms with E-state index in [0.717, 1.165) is 54.3 Å². The smallest absolute Gasteiger partial charge is 0.303 e. The third-order valence-electron chi connectivity index (χ3n) is 6.48. The number of benzene rings is 2. The summed E-state index contributed by atoms with van der Waals surface area (Å²) in [6.45, 7) is 8.71. The minimum atomic E-state index is -0.740. The Bertz CT molecular complexity index is 1100. The molecule has 0 saturated heterocycles. The van der Waals surface area contributed by atoms with Gasteiger partial charge in [0, 0.05) is 30.8 Å². The highest BCUT2D eigenvalue weighted by molar-refractivity contribution is 5.68. The van der Waals surface area contributed by atoms with Gasteiger partial charge in [-0.3, -0.25) is 4.79 Å². The number of hydrogen-bond acceptors (Lipinski definition) is 5. The van der Waals surface area contributed by atoms with Gasteiger partial charge in [0.05, 0.1) is 18.7 Å². The lowest BCUT2D eigenvalue weighted by Gasteiger charge is -2.20. The third kappa shape index (κ3) is 5.21. The maximum Gasteiger partial charge on any atom is 0.303 e. The van der Waals surface area contributed by atoms with Gasteiger partial charge in [0.25, 0.3) is 0 Å².